The number of β-amino-alcohol motifs (C(OH)–C–C–N with tert-alkyl or cyclic N) is 1. The Morgan fingerprint density at radius 3 is 2.60 bits per heavy atom. The third-order valence-corrected chi connectivity index (χ3v) is 4.34. The summed E-state index contributed by atoms with van der Waals surface area (Å²) < 4.78 is 5.41. The maximum atomic E-state index is 10.9. The first-order valence-electron chi connectivity index (χ1n) is 7.52. The van der Waals surface area contributed by atoms with Gasteiger partial charge in [0.15, 0.2) is 0 Å². The highest BCUT2D eigenvalue weighted by atomic mass is 16.5. The van der Waals surface area contributed by atoms with Crippen LogP contribution in [0.2, 0.25) is 0 Å². The molecule has 1 aliphatic rings. The van der Waals surface area contributed by atoms with E-state index in [4.69, 9.17) is 4.74 Å². The molecule has 0 aromatic heterocycles. The Bertz CT molecular complexity index is 448. The zero-order chi connectivity index (χ0) is 14.8. The Hall–Kier alpha value is -1.06. The summed E-state index contributed by atoms with van der Waals surface area (Å²) in [5, 5.41) is 10.9. The number of piperidine rings is 1. The maximum Gasteiger partial charge on any atom is 0.125 e. The Labute approximate surface area is 122 Å². The molecule has 3 heteroatoms. The van der Waals surface area contributed by atoms with Crippen LogP contribution in [0.15, 0.2) is 18.2 Å². The van der Waals surface area contributed by atoms with Gasteiger partial charge in [0.05, 0.1) is 7.11 Å². The van der Waals surface area contributed by atoms with E-state index in [9.17, 15) is 5.11 Å². The highest BCUT2D eigenvalue weighted by Crippen LogP contribution is 2.32. The van der Waals surface area contributed by atoms with Crippen LogP contribution in [0.25, 0.3) is 0 Å². The van der Waals surface area contributed by atoms with E-state index in [1.807, 2.05) is 32.0 Å². The van der Waals surface area contributed by atoms with Crippen LogP contribution in [-0.4, -0.2) is 36.8 Å². The van der Waals surface area contributed by atoms with Crippen molar-refractivity contribution in [2.75, 3.05) is 26.7 Å². The van der Waals surface area contributed by atoms with Gasteiger partial charge in [-0.05, 0) is 57.8 Å². The van der Waals surface area contributed by atoms with Crippen molar-refractivity contribution in [3.05, 3.63) is 29.3 Å². The predicted octanol–water partition coefficient (Wildman–Crippen LogP) is 2.94. The number of hydrogen-bond donors (Lipinski definition) is 1. The molecule has 2 rings (SSSR count). The molecule has 0 aliphatic carbocycles. The van der Waals surface area contributed by atoms with Crippen molar-refractivity contribution in [2.24, 2.45) is 5.92 Å². The van der Waals surface area contributed by atoms with Crippen LogP contribution in [0.1, 0.15) is 37.8 Å². The number of methoxy groups -OCH3 is 1. The zero-order valence-electron chi connectivity index (χ0n) is 13.1. The smallest absolute Gasteiger partial charge is 0.125 e. The summed E-state index contributed by atoms with van der Waals surface area (Å²) in [5.74, 6) is 1.58. The lowest BCUT2D eigenvalue weighted by molar-refractivity contribution is 0.00484. The predicted molar refractivity (Wildman–Crippen MR) is 82.1 cm³/mol. The van der Waals surface area contributed by atoms with Gasteiger partial charge in [-0.2, -0.15) is 0 Å². The van der Waals surface area contributed by atoms with E-state index < -0.39 is 5.60 Å². The molecule has 1 unspecified atom stereocenters. The molecule has 1 aromatic rings. The molecular formula is C17H27NO2. The molecule has 1 aromatic carbocycles. The summed E-state index contributed by atoms with van der Waals surface area (Å²) in [6.45, 7) is 9.05. The Morgan fingerprint density at radius 2 is 2.00 bits per heavy atom. The number of likely N-dealkylation sites (tertiary alicyclic amines) is 1. The van der Waals surface area contributed by atoms with Gasteiger partial charge in [-0.3, -0.25) is 0 Å². The van der Waals surface area contributed by atoms with E-state index in [0.29, 0.717) is 6.54 Å². The lowest BCUT2D eigenvalue weighted by Gasteiger charge is -2.36. The molecule has 112 valence electrons. The fourth-order valence-corrected chi connectivity index (χ4v) is 2.98. The number of aryl methyl sites for hydroxylation is 1. The van der Waals surface area contributed by atoms with Crippen LogP contribution in [0.3, 0.4) is 0 Å². The first kappa shape index (κ1) is 15.3. The zero-order valence-corrected chi connectivity index (χ0v) is 13.1. The monoisotopic (exact) mass is 277 g/mol. The van der Waals surface area contributed by atoms with Crippen LogP contribution < -0.4 is 4.74 Å². The normalized spacial score (nSPS) is 20.6. The minimum Gasteiger partial charge on any atom is -0.496 e. The van der Waals surface area contributed by atoms with E-state index in [1.165, 1.54) is 12.8 Å². The third kappa shape index (κ3) is 3.53. The summed E-state index contributed by atoms with van der Waals surface area (Å²) >= 11 is 0. The molecule has 20 heavy (non-hydrogen) atoms. The fourth-order valence-electron chi connectivity index (χ4n) is 2.98. The molecule has 1 atom stereocenters. The van der Waals surface area contributed by atoms with Crippen molar-refractivity contribution in [2.45, 2.75) is 39.2 Å². The molecule has 0 bridgehead atoms. The van der Waals surface area contributed by atoms with Crippen LogP contribution >= 0.6 is 0 Å². The van der Waals surface area contributed by atoms with Gasteiger partial charge in [-0.15, -0.1) is 0 Å². The van der Waals surface area contributed by atoms with Gasteiger partial charge >= 0.3 is 0 Å². The number of hydrogen-bond acceptors (Lipinski definition) is 3. The number of nitrogens with zero attached hydrogens (tertiary/aromatic N) is 1. The van der Waals surface area contributed by atoms with Crippen LogP contribution in [0.4, 0.5) is 0 Å². The quantitative estimate of drug-likeness (QED) is 0.918. The molecule has 0 amide bonds. The maximum absolute atomic E-state index is 10.9. The van der Waals surface area contributed by atoms with Crippen LogP contribution in [0, 0.1) is 12.8 Å². The summed E-state index contributed by atoms with van der Waals surface area (Å²) in [5.41, 5.74) is 1.16. The highest BCUT2D eigenvalue weighted by Gasteiger charge is 2.30. The molecule has 0 saturated carbocycles. The summed E-state index contributed by atoms with van der Waals surface area (Å²) in [6, 6.07) is 5.99. The lowest BCUT2D eigenvalue weighted by atomic mass is 9.91. The van der Waals surface area contributed by atoms with E-state index >= 15 is 0 Å². The van der Waals surface area contributed by atoms with E-state index in [-0.39, 0.29) is 0 Å². The van der Waals surface area contributed by atoms with Crippen LogP contribution in [-0.2, 0) is 5.60 Å². The van der Waals surface area contributed by atoms with Gasteiger partial charge in [-0.1, -0.05) is 18.6 Å². The number of rotatable bonds is 4. The SMILES string of the molecule is COc1ccc(C)cc1C(C)(O)CN1CCC(C)CC1. The topological polar surface area (TPSA) is 32.7 Å². The summed E-state index contributed by atoms with van der Waals surface area (Å²) in [6.07, 6.45) is 2.45. The Balaban J connectivity index is 2.15. The number of aliphatic hydroxyl groups is 1. The van der Waals surface area contributed by atoms with Gasteiger partial charge in [-0.25, -0.2) is 0 Å². The van der Waals surface area contributed by atoms with Crippen molar-refractivity contribution >= 4 is 0 Å². The standard InChI is InChI=1S/C17H27NO2/c1-13-7-9-18(10-8-13)12-17(3,19)15-11-14(2)5-6-16(15)20-4/h5-6,11,13,19H,7-10,12H2,1-4H3. The van der Waals surface area contributed by atoms with E-state index in [2.05, 4.69) is 11.8 Å². The molecule has 0 radical (unpaired) electrons. The average molecular weight is 277 g/mol. The van der Waals surface area contributed by atoms with Crippen molar-refractivity contribution in [3.8, 4) is 5.75 Å². The van der Waals surface area contributed by atoms with E-state index in [1.54, 1.807) is 7.11 Å². The fraction of sp³-hybridized carbons (Fsp3) is 0.647. The number of benzene rings is 1. The second-order valence-corrected chi connectivity index (χ2v) is 6.44. The molecule has 0 spiro atoms. The molecule has 1 fully saturated rings. The molecular weight excluding hydrogens is 250 g/mol. The first-order valence-corrected chi connectivity index (χ1v) is 7.52. The van der Waals surface area contributed by atoms with Gasteiger partial charge in [0.2, 0.25) is 0 Å². The minimum absolute atomic E-state index is 0.666. The lowest BCUT2D eigenvalue weighted by Crippen LogP contribution is -2.42. The molecule has 1 aliphatic heterocycles. The van der Waals surface area contributed by atoms with E-state index in [0.717, 1.165) is 35.9 Å². The van der Waals surface area contributed by atoms with Gasteiger partial charge < -0.3 is 14.7 Å². The first-order chi connectivity index (χ1) is 9.42. The summed E-state index contributed by atoms with van der Waals surface area (Å²) in [7, 11) is 1.66. The summed E-state index contributed by atoms with van der Waals surface area (Å²) in [4.78, 5) is 2.36. The van der Waals surface area contributed by atoms with Gasteiger partial charge in [0.25, 0.3) is 0 Å². The van der Waals surface area contributed by atoms with Crippen molar-refractivity contribution in [1.82, 2.24) is 4.90 Å². The minimum atomic E-state index is -0.877. The number of ether oxygens (including phenoxy) is 1. The second-order valence-electron chi connectivity index (χ2n) is 6.44. The highest BCUT2D eigenvalue weighted by molar-refractivity contribution is 5.40. The average Bonchev–Trinajstić information content (AvgIpc) is 2.41. The van der Waals surface area contributed by atoms with Crippen LogP contribution in [0.5, 0.6) is 5.75 Å². The molecule has 1 N–H and O–H groups in total. The van der Waals surface area contributed by atoms with Gasteiger partial charge in [0.1, 0.15) is 11.4 Å². The van der Waals surface area contributed by atoms with Crippen molar-refractivity contribution in [1.29, 1.82) is 0 Å². The van der Waals surface area contributed by atoms with Crippen molar-refractivity contribution < 1.29 is 9.84 Å². The van der Waals surface area contributed by atoms with Gasteiger partial charge in [0, 0.05) is 12.1 Å². The third-order valence-electron chi connectivity index (χ3n) is 4.34. The molecule has 1 saturated heterocycles. The Morgan fingerprint density at radius 1 is 1.35 bits per heavy atom. The largest absolute Gasteiger partial charge is 0.496 e. The second kappa shape index (κ2) is 6.15. The molecule has 3 nitrogen and oxygen atoms in total. The Kier molecular flexibility index (Phi) is 4.71. The molecule has 1 heterocycles. The van der Waals surface area contributed by atoms with Crippen molar-refractivity contribution in [3.63, 3.8) is 0 Å².